The summed E-state index contributed by atoms with van der Waals surface area (Å²) in [5.74, 6) is -0.601. The lowest BCUT2D eigenvalue weighted by Crippen LogP contribution is -2.45. The van der Waals surface area contributed by atoms with Crippen LogP contribution in [0.5, 0.6) is 0 Å². The predicted octanol–water partition coefficient (Wildman–Crippen LogP) is 1.82. The van der Waals surface area contributed by atoms with Crippen LogP contribution in [0.15, 0.2) is 30.3 Å². The van der Waals surface area contributed by atoms with Crippen molar-refractivity contribution in [2.75, 3.05) is 13.2 Å². The Morgan fingerprint density at radius 3 is 2.76 bits per heavy atom. The first kappa shape index (κ1) is 15.9. The molecule has 114 valence electrons. The summed E-state index contributed by atoms with van der Waals surface area (Å²) >= 11 is 5.05. The van der Waals surface area contributed by atoms with E-state index in [1.54, 1.807) is 0 Å². The SMILES string of the molecule is CC1(CNC(=O)C(Cc2ccccc2)C(N)=S)CCCO1. The molecule has 1 aliphatic heterocycles. The molecule has 1 amide bonds. The Morgan fingerprint density at radius 2 is 2.19 bits per heavy atom. The number of carbonyl (C=O) groups excluding carboxylic acids is 1. The molecule has 1 fully saturated rings. The van der Waals surface area contributed by atoms with Crippen molar-refractivity contribution >= 4 is 23.1 Å². The van der Waals surface area contributed by atoms with E-state index < -0.39 is 5.92 Å². The van der Waals surface area contributed by atoms with Crippen molar-refractivity contribution < 1.29 is 9.53 Å². The van der Waals surface area contributed by atoms with Crippen LogP contribution in [0.2, 0.25) is 0 Å². The highest BCUT2D eigenvalue weighted by atomic mass is 32.1. The maximum Gasteiger partial charge on any atom is 0.230 e. The second-order valence-corrected chi connectivity index (χ2v) is 6.24. The predicted molar refractivity (Wildman–Crippen MR) is 87.0 cm³/mol. The Morgan fingerprint density at radius 1 is 1.48 bits per heavy atom. The van der Waals surface area contributed by atoms with Crippen molar-refractivity contribution in [1.82, 2.24) is 5.32 Å². The molecule has 2 unspecified atom stereocenters. The van der Waals surface area contributed by atoms with Crippen molar-refractivity contribution in [3.8, 4) is 0 Å². The maximum absolute atomic E-state index is 12.4. The number of ether oxygens (including phenoxy) is 1. The third-order valence-corrected chi connectivity index (χ3v) is 4.16. The number of hydrogen-bond acceptors (Lipinski definition) is 3. The molecule has 1 heterocycles. The molecule has 0 saturated carbocycles. The average molecular weight is 306 g/mol. The van der Waals surface area contributed by atoms with E-state index in [9.17, 15) is 4.79 Å². The van der Waals surface area contributed by atoms with Crippen molar-refractivity contribution in [3.05, 3.63) is 35.9 Å². The van der Waals surface area contributed by atoms with Crippen LogP contribution in [0.25, 0.3) is 0 Å². The number of hydrogen-bond donors (Lipinski definition) is 2. The van der Waals surface area contributed by atoms with Gasteiger partial charge in [-0.25, -0.2) is 0 Å². The number of thiocarbonyl (C=S) groups is 1. The Bertz CT molecular complexity index is 498. The molecule has 4 nitrogen and oxygen atoms in total. The molecular formula is C16H22N2O2S. The standard InChI is InChI=1S/C16H22N2O2S/c1-16(8-5-9-20-16)11-18-15(19)13(14(17)21)10-12-6-3-2-4-7-12/h2-4,6-7,13H,5,8-11H2,1H3,(H2,17,21)(H,18,19). The van der Waals surface area contributed by atoms with E-state index in [0.29, 0.717) is 13.0 Å². The van der Waals surface area contributed by atoms with E-state index in [-0.39, 0.29) is 16.5 Å². The number of carbonyl (C=O) groups is 1. The van der Waals surface area contributed by atoms with Crippen molar-refractivity contribution in [1.29, 1.82) is 0 Å². The van der Waals surface area contributed by atoms with E-state index in [2.05, 4.69) is 5.32 Å². The van der Waals surface area contributed by atoms with E-state index >= 15 is 0 Å². The molecule has 5 heteroatoms. The van der Waals surface area contributed by atoms with Gasteiger partial charge in [0, 0.05) is 13.2 Å². The summed E-state index contributed by atoms with van der Waals surface area (Å²) < 4.78 is 5.67. The largest absolute Gasteiger partial charge is 0.393 e. The molecule has 0 spiro atoms. The molecule has 0 radical (unpaired) electrons. The molecule has 1 aromatic carbocycles. The van der Waals surface area contributed by atoms with Crippen LogP contribution in [-0.4, -0.2) is 29.6 Å². The molecule has 2 rings (SSSR count). The average Bonchev–Trinajstić information content (AvgIpc) is 2.90. The van der Waals surface area contributed by atoms with Crippen LogP contribution < -0.4 is 11.1 Å². The van der Waals surface area contributed by atoms with Crippen LogP contribution in [0.4, 0.5) is 0 Å². The molecule has 1 aromatic rings. The van der Waals surface area contributed by atoms with Gasteiger partial charge >= 0.3 is 0 Å². The van der Waals surface area contributed by atoms with Crippen LogP contribution in [0.1, 0.15) is 25.3 Å². The summed E-state index contributed by atoms with van der Waals surface area (Å²) in [6.07, 6.45) is 2.53. The minimum absolute atomic E-state index is 0.122. The van der Waals surface area contributed by atoms with Crippen molar-refractivity contribution in [2.24, 2.45) is 11.7 Å². The van der Waals surface area contributed by atoms with Gasteiger partial charge < -0.3 is 15.8 Å². The molecular weight excluding hydrogens is 284 g/mol. The number of nitrogens with one attached hydrogen (secondary N) is 1. The Kier molecular flexibility index (Phi) is 5.31. The first-order chi connectivity index (χ1) is 10.0. The van der Waals surface area contributed by atoms with Crippen molar-refractivity contribution in [3.63, 3.8) is 0 Å². The summed E-state index contributed by atoms with van der Waals surface area (Å²) in [5, 5.41) is 2.94. The van der Waals surface area contributed by atoms with Gasteiger partial charge in [-0.05, 0) is 31.7 Å². The van der Waals surface area contributed by atoms with Gasteiger partial charge in [0.05, 0.1) is 16.5 Å². The Labute approximate surface area is 131 Å². The van der Waals surface area contributed by atoms with Gasteiger partial charge in [-0.3, -0.25) is 4.79 Å². The van der Waals surface area contributed by atoms with Crippen LogP contribution >= 0.6 is 12.2 Å². The number of amides is 1. The lowest BCUT2D eigenvalue weighted by Gasteiger charge is -2.25. The third-order valence-electron chi connectivity index (χ3n) is 3.88. The topological polar surface area (TPSA) is 64.4 Å². The maximum atomic E-state index is 12.4. The monoisotopic (exact) mass is 306 g/mol. The summed E-state index contributed by atoms with van der Waals surface area (Å²) in [6, 6.07) is 9.77. The molecule has 1 aliphatic rings. The summed E-state index contributed by atoms with van der Waals surface area (Å²) in [4.78, 5) is 12.6. The van der Waals surface area contributed by atoms with Gasteiger partial charge in [0.15, 0.2) is 0 Å². The fourth-order valence-electron chi connectivity index (χ4n) is 2.55. The number of nitrogens with two attached hydrogens (primary N) is 1. The second-order valence-electron chi connectivity index (χ2n) is 5.76. The van der Waals surface area contributed by atoms with Gasteiger partial charge in [-0.15, -0.1) is 0 Å². The number of benzene rings is 1. The van der Waals surface area contributed by atoms with E-state index in [1.165, 1.54) is 0 Å². The van der Waals surface area contributed by atoms with E-state index in [1.807, 2.05) is 37.3 Å². The zero-order valence-corrected chi connectivity index (χ0v) is 13.1. The van der Waals surface area contributed by atoms with Gasteiger partial charge in [-0.1, -0.05) is 42.5 Å². The quantitative estimate of drug-likeness (QED) is 0.787. The third kappa shape index (κ3) is 4.51. The summed E-state index contributed by atoms with van der Waals surface area (Å²) in [6.45, 7) is 3.28. The second kappa shape index (κ2) is 7.00. The molecule has 21 heavy (non-hydrogen) atoms. The molecule has 1 saturated heterocycles. The molecule has 0 aromatic heterocycles. The summed E-state index contributed by atoms with van der Waals surface area (Å²) in [5.41, 5.74) is 6.53. The fourth-order valence-corrected chi connectivity index (χ4v) is 2.74. The van der Waals surface area contributed by atoms with Gasteiger partial charge in [0.1, 0.15) is 0 Å². The van der Waals surface area contributed by atoms with Gasteiger partial charge in [-0.2, -0.15) is 0 Å². The Balaban J connectivity index is 1.94. The first-order valence-electron chi connectivity index (χ1n) is 7.25. The minimum atomic E-state index is -0.479. The van der Waals surface area contributed by atoms with E-state index in [4.69, 9.17) is 22.7 Å². The zero-order valence-electron chi connectivity index (χ0n) is 12.3. The van der Waals surface area contributed by atoms with Crippen LogP contribution in [0.3, 0.4) is 0 Å². The zero-order chi connectivity index (χ0) is 15.3. The van der Waals surface area contributed by atoms with Gasteiger partial charge in [0.2, 0.25) is 5.91 Å². The van der Waals surface area contributed by atoms with Gasteiger partial charge in [0.25, 0.3) is 0 Å². The first-order valence-corrected chi connectivity index (χ1v) is 7.66. The highest BCUT2D eigenvalue weighted by Gasteiger charge is 2.31. The van der Waals surface area contributed by atoms with Crippen LogP contribution in [-0.2, 0) is 16.0 Å². The van der Waals surface area contributed by atoms with Crippen LogP contribution in [0, 0.1) is 5.92 Å². The van der Waals surface area contributed by atoms with E-state index in [0.717, 1.165) is 25.0 Å². The fraction of sp³-hybridized carbons (Fsp3) is 0.500. The highest BCUT2D eigenvalue weighted by molar-refractivity contribution is 7.80. The highest BCUT2D eigenvalue weighted by Crippen LogP contribution is 2.24. The lowest BCUT2D eigenvalue weighted by atomic mass is 9.97. The Hall–Kier alpha value is -1.46. The summed E-state index contributed by atoms with van der Waals surface area (Å²) in [7, 11) is 0. The van der Waals surface area contributed by atoms with Crippen molar-refractivity contribution in [2.45, 2.75) is 31.8 Å². The smallest absolute Gasteiger partial charge is 0.230 e. The normalized spacial score (nSPS) is 22.7. The molecule has 0 bridgehead atoms. The minimum Gasteiger partial charge on any atom is -0.393 e. The molecule has 0 aliphatic carbocycles. The number of rotatable bonds is 6. The molecule has 3 N–H and O–H groups in total. The lowest BCUT2D eigenvalue weighted by molar-refractivity contribution is -0.124. The molecule has 2 atom stereocenters.